The summed E-state index contributed by atoms with van der Waals surface area (Å²) in [5.41, 5.74) is 0. The first kappa shape index (κ1) is 13.5. The van der Waals surface area contributed by atoms with Crippen LogP contribution in [-0.4, -0.2) is 28.2 Å². The zero-order valence-electron chi connectivity index (χ0n) is 9.14. The lowest BCUT2D eigenvalue weighted by Crippen LogP contribution is -2.31. The number of rotatable bonds is 6. The summed E-state index contributed by atoms with van der Waals surface area (Å²) in [6, 6.07) is 0. The van der Waals surface area contributed by atoms with Gasteiger partial charge in [-0.05, 0) is 12.5 Å². The molecule has 0 heterocycles. The average molecular weight is 213 g/mol. The van der Waals surface area contributed by atoms with Crippen LogP contribution in [0.25, 0.3) is 0 Å². The predicted molar refractivity (Wildman–Crippen MR) is 64.4 cm³/mol. The summed E-state index contributed by atoms with van der Waals surface area (Å²) in [7, 11) is 3.65. The van der Waals surface area contributed by atoms with Crippen LogP contribution in [0, 0.1) is 0 Å². The fourth-order valence-corrected chi connectivity index (χ4v) is 2.00. The van der Waals surface area contributed by atoms with Gasteiger partial charge in [0.1, 0.15) is 0 Å². The molecule has 0 bridgehead atoms. The SMILES string of the molecule is C=C/C=C\C=C/C(CC)[S+]([O-])N(C)C. The molecule has 0 aromatic heterocycles. The Labute approximate surface area is 90.3 Å². The third-order valence-corrected chi connectivity index (χ3v) is 3.43. The first-order valence-electron chi connectivity index (χ1n) is 4.67. The van der Waals surface area contributed by atoms with Gasteiger partial charge >= 0.3 is 0 Å². The first-order valence-corrected chi connectivity index (χ1v) is 5.84. The second-order valence-electron chi connectivity index (χ2n) is 3.04. The third-order valence-electron chi connectivity index (χ3n) is 1.71. The van der Waals surface area contributed by atoms with Crippen molar-refractivity contribution in [1.82, 2.24) is 4.31 Å². The number of hydrogen-bond acceptors (Lipinski definition) is 2. The highest BCUT2D eigenvalue weighted by atomic mass is 32.2. The van der Waals surface area contributed by atoms with Crippen molar-refractivity contribution < 1.29 is 4.55 Å². The average Bonchev–Trinajstić information content (AvgIpc) is 2.17. The summed E-state index contributed by atoms with van der Waals surface area (Å²) in [5, 5.41) is 0.0967. The second-order valence-corrected chi connectivity index (χ2v) is 4.93. The van der Waals surface area contributed by atoms with Crippen molar-refractivity contribution in [2.45, 2.75) is 18.6 Å². The Hall–Kier alpha value is -0.510. The monoisotopic (exact) mass is 213 g/mol. The smallest absolute Gasteiger partial charge is 0.153 e. The highest BCUT2D eigenvalue weighted by Gasteiger charge is 2.19. The Bertz CT molecular complexity index is 211. The van der Waals surface area contributed by atoms with E-state index >= 15 is 0 Å². The Kier molecular flexibility index (Phi) is 7.57. The van der Waals surface area contributed by atoms with Gasteiger partial charge in [-0.15, -0.1) is 4.31 Å². The summed E-state index contributed by atoms with van der Waals surface area (Å²) in [5.74, 6) is 0. The van der Waals surface area contributed by atoms with Gasteiger partial charge in [-0.2, -0.15) is 0 Å². The molecule has 0 radical (unpaired) electrons. The van der Waals surface area contributed by atoms with Gasteiger partial charge in [-0.1, -0.05) is 37.8 Å². The highest BCUT2D eigenvalue weighted by molar-refractivity contribution is 7.89. The van der Waals surface area contributed by atoms with Crippen LogP contribution in [0.5, 0.6) is 0 Å². The molecule has 0 aromatic rings. The standard InChI is InChI=1S/C11H19NOS/c1-5-7-8-9-10-11(6-2)14(13)12(3)4/h5,7-11H,1,6H2,2-4H3/b8-7-,10-9-. The topological polar surface area (TPSA) is 26.3 Å². The maximum Gasteiger partial charge on any atom is 0.153 e. The molecule has 0 aliphatic heterocycles. The highest BCUT2D eigenvalue weighted by Crippen LogP contribution is 2.10. The quantitative estimate of drug-likeness (QED) is 0.500. The van der Waals surface area contributed by atoms with Crippen LogP contribution < -0.4 is 0 Å². The van der Waals surface area contributed by atoms with Crippen LogP contribution >= 0.6 is 0 Å². The Morgan fingerprint density at radius 1 is 1.36 bits per heavy atom. The van der Waals surface area contributed by atoms with E-state index in [0.29, 0.717) is 0 Å². The van der Waals surface area contributed by atoms with E-state index in [1.54, 1.807) is 10.4 Å². The van der Waals surface area contributed by atoms with Gasteiger partial charge in [0.05, 0.1) is 0 Å². The molecule has 2 unspecified atom stereocenters. The molecule has 0 amide bonds. The predicted octanol–water partition coefficient (Wildman–Crippen LogP) is 2.29. The van der Waals surface area contributed by atoms with Crippen LogP contribution in [0.4, 0.5) is 0 Å². The van der Waals surface area contributed by atoms with Crippen LogP contribution in [0.15, 0.2) is 37.0 Å². The molecule has 0 saturated heterocycles. The lowest BCUT2D eigenvalue weighted by Gasteiger charge is -2.21. The second kappa shape index (κ2) is 7.85. The molecule has 3 heteroatoms. The molecule has 2 atom stereocenters. The maximum absolute atomic E-state index is 11.7. The zero-order chi connectivity index (χ0) is 11.0. The van der Waals surface area contributed by atoms with Crippen LogP contribution in [0.3, 0.4) is 0 Å². The number of nitrogens with zero attached hydrogens (tertiary/aromatic N) is 1. The summed E-state index contributed by atoms with van der Waals surface area (Å²) in [6.07, 6.45) is 10.2. The van der Waals surface area contributed by atoms with Gasteiger partial charge in [0.2, 0.25) is 0 Å². The van der Waals surface area contributed by atoms with E-state index in [-0.39, 0.29) is 5.25 Å². The first-order chi connectivity index (χ1) is 6.63. The molecule has 0 rings (SSSR count). The van der Waals surface area contributed by atoms with Gasteiger partial charge in [-0.3, -0.25) is 0 Å². The maximum atomic E-state index is 11.7. The van der Waals surface area contributed by atoms with Gasteiger partial charge in [0.25, 0.3) is 0 Å². The van der Waals surface area contributed by atoms with Gasteiger partial charge < -0.3 is 4.55 Å². The summed E-state index contributed by atoms with van der Waals surface area (Å²) >= 11 is -0.928. The van der Waals surface area contributed by atoms with Crippen molar-refractivity contribution in [1.29, 1.82) is 0 Å². The molecule has 80 valence electrons. The number of hydrogen-bond donors (Lipinski definition) is 0. The molecule has 0 aliphatic carbocycles. The van der Waals surface area contributed by atoms with Gasteiger partial charge in [0, 0.05) is 25.5 Å². The Morgan fingerprint density at radius 2 is 2.00 bits per heavy atom. The van der Waals surface area contributed by atoms with Crippen molar-refractivity contribution in [2.24, 2.45) is 0 Å². The van der Waals surface area contributed by atoms with Gasteiger partial charge in [0.15, 0.2) is 5.25 Å². The van der Waals surface area contributed by atoms with Crippen molar-refractivity contribution in [3.05, 3.63) is 37.0 Å². The normalized spacial score (nSPS) is 16.6. The molecular formula is C11H19NOS. The van der Waals surface area contributed by atoms with E-state index < -0.39 is 11.4 Å². The summed E-state index contributed by atoms with van der Waals surface area (Å²) in [6.45, 7) is 5.61. The van der Waals surface area contributed by atoms with Crippen molar-refractivity contribution in [3.8, 4) is 0 Å². The van der Waals surface area contributed by atoms with Crippen molar-refractivity contribution in [2.75, 3.05) is 14.1 Å². The molecule has 0 fully saturated rings. The van der Waals surface area contributed by atoms with E-state index in [2.05, 4.69) is 6.58 Å². The minimum atomic E-state index is -0.928. The van der Waals surface area contributed by atoms with Crippen molar-refractivity contribution >= 4 is 11.4 Å². The molecule has 14 heavy (non-hydrogen) atoms. The van der Waals surface area contributed by atoms with Gasteiger partial charge in [-0.25, -0.2) is 0 Å². The fourth-order valence-electron chi connectivity index (χ4n) is 0.947. The molecule has 0 saturated carbocycles. The molecular weight excluding hydrogens is 194 g/mol. The summed E-state index contributed by atoms with van der Waals surface area (Å²) in [4.78, 5) is 0. The van der Waals surface area contributed by atoms with Crippen LogP contribution in [-0.2, 0) is 11.4 Å². The Morgan fingerprint density at radius 3 is 2.43 bits per heavy atom. The lowest BCUT2D eigenvalue weighted by molar-refractivity contribution is 0.510. The molecule has 0 spiro atoms. The fraction of sp³-hybridized carbons (Fsp3) is 0.455. The van der Waals surface area contributed by atoms with E-state index in [4.69, 9.17) is 0 Å². The summed E-state index contributed by atoms with van der Waals surface area (Å²) < 4.78 is 13.4. The molecule has 2 nitrogen and oxygen atoms in total. The Balaban J connectivity index is 4.20. The molecule has 0 N–H and O–H groups in total. The largest absolute Gasteiger partial charge is 0.597 e. The lowest BCUT2D eigenvalue weighted by atomic mass is 10.3. The zero-order valence-corrected chi connectivity index (χ0v) is 9.96. The molecule has 0 aromatic carbocycles. The third kappa shape index (κ3) is 5.27. The van der Waals surface area contributed by atoms with E-state index in [1.165, 1.54) is 0 Å². The minimum Gasteiger partial charge on any atom is -0.597 e. The number of allylic oxidation sites excluding steroid dienone is 4. The van der Waals surface area contributed by atoms with Crippen LogP contribution in [0.2, 0.25) is 0 Å². The van der Waals surface area contributed by atoms with E-state index in [0.717, 1.165) is 6.42 Å². The molecule has 0 aliphatic rings. The minimum absolute atomic E-state index is 0.0967. The van der Waals surface area contributed by atoms with E-state index in [1.807, 2.05) is 45.3 Å². The van der Waals surface area contributed by atoms with Crippen LogP contribution in [0.1, 0.15) is 13.3 Å². The van der Waals surface area contributed by atoms with E-state index in [9.17, 15) is 4.55 Å². The van der Waals surface area contributed by atoms with Crippen molar-refractivity contribution in [3.63, 3.8) is 0 Å².